The van der Waals surface area contributed by atoms with Gasteiger partial charge >= 0.3 is 0 Å². The molecule has 134 valence electrons. The standard InChI is InChI=1S/C20H33N3O/c1-4-22-12-14-23(15-13-22)11-10-20(24)21-19(16-17(2)3)18-8-6-5-7-9-18/h5-9,17,19H,4,10-16H2,1-3H3,(H,21,24)/t19-/m0/s1. The molecule has 1 aromatic carbocycles. The van der Waals surface area contributed by atoms with E-state index in [0.29, 0.717) is 12.3 Å². The summed E-state index contributed by atoms with van der Waals surface area (Å²) in [7, 11) is 0. The average molecular weight is 332 g/mol. The Bertz CT molecular complexity index is 481. The molecule has 4 heteroatoms. The number of carbonyl (C=O) groups excluding carboxylic acids is 1. The van der Waals surface area contributed by atoms with Gasteiger partial charge in [-0.1, -0.05) is 51.1 Å². The number of carbonyl (C=O) groups is 1. The topological polar surface area (TPSA) is 35.6 Å². The van der Waals surface area contributed by atoms with E-state index >= 15 is 0 Å². The van der Waals surface area contributed by atoms with Gasteiger partial charge in [0.1, 0.15) is 0 Å². The van der Waals surface area contributed by atoms with Gasteiger partial charge in [-0.3, -0.25) is 4.79 Å². The zero-order chi connectivity index (χ0) is 17.4. The summed E-state index contributed by atoms with van der Waals surface area (Å²) in [5.74, 6) is 0.722. The highest BCUT2D eigenvalue weighted by atomic mass is 16.1. The molecule has 1 amide bonds. The van der Waals surface area contributed by atoms with Crippen LogP contribution in [-0.2, 0) is 4.79 Å². The maximum absolute atomic E-state index is 12.4. The first-order valence-corrected chi connectivity index (χ1v) is 9.37. The number of hydrogen-bond donors (Lipinski definition) is 1. The van der Waals surface area contributed by atoms with Crippen LogP contribution in [0.3, 0.4) is 0 Å². The number of likely N-dealkylation sites (N-methyl/N-ethyl adjacent to an activating group) is 1. The smallest absolute Gasteiger partial charge is 0.221 e. The number of nitrogens with zero attached hydrogens (tertiary/aromatic N) is 2. The van der Waals surface area contributed by atoms with Crippen LogP contribution in [-0.4, -0.2) is 55.0 Å². The van der Waals surface area contributed by atoms with E-state index < -0.39 is 0 Å². The second-order valence-corrected chi connectivity index (χ2v) is 7.19. The van der Waals surface area contributed by atoms with Gasteiger partial charge in [-0.2, -0.15) is 0 Å². The van der Waals surface area contributed by atoms with E-state index in [1.165, 1.54) is 5.56 Å². The van der Waals surface area contributed by atoms with Gasteiger partial charge in [0.05, 0.1) is 6.04 Å². The summed E-state index contributed by atoms with van der Waals surface area (Å²) in [6.45, 7) is 13.0. The lowest BCUT2D eigenvalue weighted by Gasteiger charge is -2.34. The molecule has 24 heavy (non-hydrogen) atoms. The number of nitrogens with one attached hydrogen (secondary N) is 1. The van der Waals surface area contributed by atoms with Crippen molar-refractivity contribution in [2.45, 2.75) is 39.7 Å². The van der Waals surface area contributed by atoms with Gasteiger partial charge in [0.25, 0.3) is 0 Å². The van der Waals surface area contributed by atoms with Gasteiger partial charge < -0.3 is 15.1 Å². The SMILES string of the molecule is CCN1CCN(CCC(=O)N[C@@H](CC(C)C)c2ccccc2)CC1. The maximum atomic E-state index is 12.4. The molecule has 0 unspecified atom stereocenters. The lowest BCUT2D eigenvalue weighted by atomic mass is 9.97. The third-order valence-electron chi connectivity index (χ3n) is 4.81. The van der Waals surface area contributed by atoms with Crippen molar-refractivity contribution in [2.24, 2.45) is 5.92 Å². The van der Waals surface area contributed by atoms with Crippen molar-refractivity contribution in [3.05, 3.63) is 35.9 Å². The van der Waals surface area contributed by atoms with Crippen LogP contribution >= 0.6 is 0 Å². The molecule has 2 rings (SSSR count). The Morgan fingerprint density at radius 2 is 1.71 bits per heavy atom. The van der Waals surface area contributed by atoms with Crippen LogP contribution in [0.4, 0.5) is 0 Å². The molecule has 1 saturated heterocycles. The molecule has 0 aliphatic carbocycles. The van der Waals surface area contributed by atoms with Crippen molar-refractivity contribution < 1.29 is 4.79 Å². The minimum absolute atomic E-state index is 0.121. The fourth-order valence-corrected chi connectivity index (χ4v) is 3.29. The quantitative estimate of drug-likeness (QED) is 0.795. The fraction of sp³-hybridized carbons (Fsp3) is 0.650. The molecule has 1 aromatic rings. The molecule has 0 spiro atoms. The molecule has 1 aliphatic rings. The summed E-state index contributed by atoms with van der Waals surface area (Å²) >= 11 is 0. The summed E-state index contributed by atoms with van der Waals surface area (Å²) in [6.07, 6.45) is 1.57. The summed E-state index contributed by atoms with van der Waals surface area (Å²) in [5.41, 5.74) is 1.20. The van der Waals surface area contributed by atoms with E-state index in [0.717, 1.165) is 45.7 Å². The molecule has 1 fully saturated rings. The van der Waals surface area contributed by atoms with E-state index in [2.05, 4.69) is 48.0 Å². The highest BCUT2D eigenvalue weighted by Crippen LogP contribution is 2.21. The zero-order valence-electron chi connectivity index (χ0n) is 15.5. The highest BCUT2D eigenvalue weighted by Gasteiger charge is 2.18. The molecule has 1 aliphatic heterocycles. The second kappa shape index (κ2) is 9.80. The van der Waals surface area contributed by atoms with Crippen molar-refractivity contribution in [3.8, 4) is 0 Å². The summed E-state index contributed by atoms with van der Waals surface area (Å²) in [4.78, 5) is 17.3. The molecule has 4 nitrogen and oxygen atoms in total. The summed E-state index contributed by atoms with van der Waals surface area (Å²) in [5, 5.41) is 3.25. The molecular weight excluding hydrogens is 298 g/mol. The monoisotopic (exact) mass is 331 g/mol. The van der Waals surface area contributed by atoms with E-state index in [4.69, 9.17) is 0 Å². The number of hydrogen-bond acceptors (Lipinski definition) is 3. The molecular formula is C20H33N3O. The predicted molar refractivity (Wildman–Crippen MR) is 100.0 cm³/mol. The molecule has 0 bridgehead atoms. The normalized spacial score (nSPS) is 17.8. The van der Waals surface area contributed by atoms with Gasteiger partial charge in [0.2, 0.25) is 5.91 Å². The Morgan fingerprint density at radius 1 is 1.08 bits per heavy atom. The molecule has 1 heterocycles. The molecule has 1 atom stereocenters. The lowest BCUT2D eigenvalue weighted by molar-refractivity contribution is -0.122. The zero-order valence-corrected chi connectivity index (χ0v) is 15.5. The van der Waals surface area contributed by atoms with Gasteiger partial charge in [-0.05, 0) is 24.4 Å². The first kappa shape index (κ1) is 18.9. The van der Waals surface area contributed by atoms with Crippen LogP contribution in [0.1, 0.15) is 45.2 Å². The van der Waals surface area contributed by atoms with Crippen molar-refractivity contribution >= 4 is 5.91 Å². The van der Waals surface area contributed by atoms with Crippen LogP contribution in [0, 0.1) is 5.92 Å². The summed E-state index contributed by atoms with van der Waals surface area (Å²) < 4.78 is 0. The van der Waals surface area contributed by atoms with E-state index in [1.807, 2.05) is 18.2 Å². The van der Waals surface area contributed by atoms with Crippen LogP contribution in [0.2, 0.25) is 0 Å². The van der Waals surface area contributed by atoms with Crippen molar-refractivity contribution in [3.63, 3.8) is 0 Å². The fourth-order valence-electron chi connectivity index (χ4n) is 3.29. The molecule has 1 N–H and O–H groups in total. The molecule has 0 saturated carbocycles. The third kappa shape index (κ3) is 6.25. The lowest BCUT2D eigenvalue weighted by Crippen LogP contribution is -2.47. The van der Waals surface area contributed by atoms with Crippen LogP contribution in [0.5, 0.6) is 0 Å². The van der Waals surface area contributed by atoms with Crippen molar-refractivity contribution in [1.82, 2.24) is 15.1 Å². The number of piperazine rings is 1. The van der Waals surface area contributed by atoms with E-state index in [9.17, 15) is 4.79 Å². The summed E-state index contributed by atoms with van der Waals surface area (Å²) in [6, 6.07) is 10.4. The first-order chi connectivity index (χ1) is 11.6. The minimum Gasteiger partial charge on any atom is -0.349 e. The van der Waals surface area contributed by atoms with Gasteiger partial charge in [-0.25, -0.2) is 0 Å². The van der Waals surface area contributed by atoms with Crippen molar-refractivity contribution in [2.75, 3.05) is 39.3 Å². The maximum Gasteiger partial charge on any atom is 0.221 e. The minimum atomic E-state index is 0.121. The van der Waals surface area contributed by atoms with Crippen LogP contribution in [0.25, 0.3) is 0 Å². The van der Waals surface area contributed by atoms with Gasteiger partial charge in [0.15, 0.2) is 0 Å². The van der Waals surface area contributed by atoms with Crippen molar-refractivity contribution in [1.29, 1.82) is 0 Å². The molecule has 0 radical (unpaired) electrons. The number of amides is 1. The van der Waals surface area contributed by atoms with E-state index in [1.54, 1.807) is 0 Å². The molecule has 0 aromatic heterocycles. The number of benzene rings is 1. The largest absolute Gasteiger partial charge is 0.349 e. The highest BCUT2D eigenvalue weighted by molar-refractivity contribution is 5.76. The van der Waals surface area contributed by atoms with Gasteiger partial charge in [-0.15, -0.1) is 0 Å². The predicted octanol–water partition coefficient (Wildman–Crippen LogP) is 2.92. The Morgan fingerprint density at radius 3 is 2.29 bits per heavy atom. The Hall–Kier alpha value is -1.39. The Labute approximate surface area is 147 Å². The van der Waals surface area contributed by atoms with Crippen LogP contribution in [0.15, 0.2) is 30.3 Å². The third-order valence-corrected chi connectivity index (χ3v) is 4.81. The van der Waals surface area contributed by atoms with Gasteiger partial charge in [0, 0.05) is 39.1 Å². The first-order valence-electron chi connectivity index (χ1n) is 9.37. The Kier molecular flexibility index (Phi) is 7.73. The average Bonchev–Trinajstić information content (AvgIpc) is 2.60. The van der Waals surface area contributed by atoms with E-state index in [-0.39, 0.29) is 11.9 Å². The second-order valence-electron chi connectivity index (χ2n) is 7.19. The van der Waals surface area contributed by atoms with Crippen LogP contribution < -0.4 is 5.32 Å². The Balaban J connectivity index is 1.80. The number of rotatable bonds is 8.